The van der Waals surface area contributed by atoms with Crippen LogP contribution in [-0.2, 0) is 0 Å². The molecule has 6 nitrogen and oxygen atoms in total. The molecule has 2 rings (SSSR count). The molecule has 0 saturated carbocycles. The molecule has 1 unspecified atom stereocenters. The van der Waals surface area contributed by atoms with E-state index in [2.05, 4.69) is 39.2 Å². The minimum absolute atomic E-state index is 0.485. The van der Waals surface area contributed by atoms with Crippen molar-refractivity contribution in [3.05, 3.63) is 12.3 Å². The molecule has 0 aliphatic carbocycles. The van der Waals surface area contributed by atoms with Gasteiger partial charge in [0.25, 0.3) is 0 Å². The van der Waals surface area contributed by atoms with Crippen LogP contribution in [0.25, 0.3) is 0 Å². The average Bonchev–Trinajstić information content (AvgIpc) is 2.30. The van der Waals surface area contributed by atoms with Crippen molar-refractivity contribution in [2.24, 2.45) is 0 Å². The van der Waals surface area contributed by atoms with Crippen molar-refractivity contribution in [2.45, 2.75) is 6.04 Å². The van der Waals surface area contributed by atoms with Crippen LogP contribution >= 0.6 is 0 Å². The van der Waals surface area contributed by atoms with E-state index in [1.807, 2.05) is 0 Å². The Kier molecular flexibility index (Phi) is 3.75. The Morgan fingerprint density at radius 1 is 1.47 bits per heavy atom. The fraction of sp³-hybridized carbons (Fsp3) is 0.636. The van der Waals surface area contributed by atoms with E-state index in [-0.39, 0.29) is 0 Å². The molecule has 1 aromatic rings. The van der Waals surface area contributed by atoms with E-state index < -0.39 is 0 Å². The zero-order valence-electron chi connectivity index (χ0n) is 10.4. The van der Waals surface area contributed by atoms with Crippen LogP contribution in [0.4, 0.5) is 11.8 Å². The molecule has 1 fully saturated rings. The average molecular weight is 236 g/mol. The Morgan fingerprint density at radius 3 is 3.06 bits per heavy atom. The van der Waals surface area contributed by atoms with Gasteiger partial charge in [0, 0.05) is 38.4 Å². The molecule has 6 heteroatoms. The maximum atomic E-state index is 5.61. The largest absolute Gasteiger partial charge is 0.384 e. The summed E-state index contributed by atoms with van der Waals surface area (Å²) < 4.78 is 0. The highest BCUT2D eigenvalue weighted by molar-refractivity contribution is 5.35. The van der Waals surface area contributed by atoms with Gasteiger partial charge >= 0.3 is 0 Å². The predicted molar refractivity (Wildman–Crippen MR) is 68.8 cm³/mol. The van der Waals surface area contributed by atoms with E-state index >= 15 is 0 Å². The summed E-state index contributed by atoms with van der Waals surface area (Å²) in [5.41, 5.74) is 5.61. The lowest BCUT2D eigenvalue weighted by Gasteiger charge is -2.37. The topological polar surface area (TPSA) is 70.3 Å². The van der Waals surface area contributed by atoms with Gasteiger partial charge in [-0.05, 0) is 20.2 Å². The van der Waals surface area contributed by atoms with Gasteiger partial charge in [0.05, 0.1) is 0 Å². The molecule has 1 aromatic heterocycles. The first kappa shape index (κ1) is 12.1. The Balaban J connectivity index is 1.88. The Labute approximate surface area is 102 Å². The van der Waals surface area contributed by atoms with Crippen LogP contribution in [0.2, 0.25) is 0 Å². The van der Waals surface area contributed by atoms with E-state index in [0.29, 0.717) is 17.8 Å². The van der Waals surface area contributed by atoms with Gasteiger partial charge in [-0.3, -0.25) is 4.90 Å². The molecule has 0 amide bonds. The quantitative estimate of drug-likeness (QED) is 0.752. The number of hydrogen-bond donors (Lipinski definition) is 2. The van der Waals surface area contributed by atoms with Crippen molar-refractivity contribution in [1.29, 1.82) is 0 Å². The zero-order chi connectivity index (χ0) is 12.3. The lowest BCUT2D eigenvalue weighted by molar-refractivity contribution is 0.121. The lowest BCUT2D eigenvalue weighted by Crippen LogP contribution is -2.52. The highest BCUT2D eigenvalue weighted by Gasteiger charge is 2.21. The molecule has 0 bridgehead atoms. The highest BCUT2D eigenvalue weighted by atomic mass is 15.3. The summed E-state index contributed by atoms with van der Waals surface area (Å²) in [6.07, 6.45) is 1.67. The molecule has 0 aromatic carbocycles. The number of hydrogen-bond acceptors (Lipinski definition) is 6. The monoisotopic (exact) mass is 236 g/mol. The molecule has 1 aliphatic rings. The standard InChI is InChI=1S/C11H20N6/c1-16-5-6-17(2)9(8-16)7-14-11-13-4-3-10(12)15-11/h3-4,9H,5-8H2,1-2H3,(H3,12,13,14,15). The zero-order valence-corrected chi connectivity index (χ0v) is 10.4. The predicted octanol–water partition coefficient (Wildman–Crippen LogP) is -0.283. The van der Waals surface area contributed by atoms with Gasteiger partial charge in [-0.2, -0.15) is 4.98 Å². The number of nitrogens with one attached hydrogen (secondary N) is 1. The number of nitrogens with two attached hydrogens (primary N) is 1. The molecule has 3 N–H and O–H groups in total. The second-order valence-electron chi connectivity index (χ2n) is 4.58. The summed E-state index contributed by atoms with van der Waals surface area (Å²) in [4.78, 5) is 13.0. The first-order valence-corrected chi connectivity index (χ1v) is 5.86. The van der Waals surface area contributed by atoms with E-state index in [9.17, 15) is 0 Å². The van der Waals surface area contributed by atoms with Gasteiger partial charge in [0.15, 0.2) is 0 Å². The normalized spacial score (nSPS) is 22.6. The summed E-state index contributed by atoms with van der Waals surface area (Å²) in [7, 11) is 4.30. The highest BCUT2D eigenvalue weighted by Crippen LogP contribution is 2.07. The third kappa shape index (κ3) is 3.28. The Hall–Kier alpha value is -1.40. The number of nitrogens with zero attached hydrogens (tertiary/aromatic N) is 4. The molecule has 0 radical (unpaired) electrons. The molecule has 1 atom stereocenters. The molecular weight excluding hydrogens is 216 g/mol. The van der Waals surface area contributed by atoms with E-state index in [1.54, 1.807) is 12.3 Å². The van der Waals surface area contributed by atoms with Gasteiger partial charge < -0.3 is 16.0 Å². The molecule has 94 valence electrons. The van der Waals surface area contributed by atoms with Crippen LogP contribution in [0.15, 0.2) is 12.3 Å². The third-order valence-corrected chi connectivity index (χ3v) is 3.15. The number of piperazine rings is 1. The van der Waals surface area contributed by atoms with E-state index in [1.165, 1.54) is 0 Å². The number of aromatic nitrogens is 2. The van der Waals surface area contributed by atoms with Gasteiger partial charge in [0.1, 0.15) is 5.82 Å². The van der Waals surface area contributed by atoms with Crippen LogP contribution in [-0.4, -0.2) is 66.1 Å². The Morgan fingerprint density at radius 2 is 2.29 bits per heavy atom. The fourth-order valence-corrected chi connectivity index (χ4v) is 1.99. The van der Waals surface area contributed by atoms with Crippen molar-refractivity contribution in [2.75, 3.05) is 51.3 Å². The summed E-state index contributed by atoms with van der Waals surface area (Å²) >= 11 is 0. The molecule has 1 saturated heterocycles. The number of nitrogen functional groups attached to an aromatic ring is 1. The van der Waals surface area contributed by atoms with Crippen molar-refractivity contribution < 1.29 is 0 Å². The summed E-state index contributed by atoms with van der Waals surface area (Å²) in [5, 5.41) is 3.24. The molecular formula is C11H20N6. The second-order valence-corrected chi connectivity index (χ2v) is 4.58. The molecule has 2 heterocycles. The first-order chi connectivity index (χ1) is 8.15. The van der Waals surface area contributed by atoms with Crippen LogP contribution < -0.4 is 11.1 Å². The van der Waals surface area contributed by atoms with Gasteiger partial charge in [-0.15, -0.1) is 0 Å². The molecule has 0 spiro atoms. The minimum atomic E-state index is 0.485. The smallest absolute Gasteiger partial charge is 0.224 e. The number of likely N-dealkylation sites (N-methyl/N-ethyl adjacent to an activating group) is 2. The Bertz CT molecular complexity index is 369. The van der Waals surface area contributed by atoms with Crippen molar-refractivity contribution in [3.63, 3.8) is 0 Å². The van der Waals surface area contributed by atoms with Gasteiger partial charge in [-0.1, -0.05) is 0 Å². The maximum Gasteiger partial charge on any atom is 0.224 e. The summed E-state index contributed by atoms with van der Waals surface area (Å²) in [6, 6.07) is 2.17. The van der Waals surface area contributed by atoms with Crippen LogP contribution in [0.1, 0.15) is 0 Å². The number of anilines is 2. The second kappa shape index (κ2) is 5.29. The SMILES string of the molecule is CN1CCN(C)C(CNc2nccc(N)n2)C1. The molecule has 17 heavy (non-hydrogen) atoms. The van der Waals surface area contributed by atoms with Gasteiger partial charge in [0.2, 0.25) is 5.95 Å². The van der Waals surface area contributed by atoms with Crippen molar-refractivity contribution >= 4 is 11.8 Å². The lowest BCUT2D eigenvalue weighted by atomic mass is 10.2. The number of rotatable bonds is 3. The summed E-state index contributed by atoms with van der Waals surface area (Å²) in [6.45, 7) is 4.12. The van der Waals surface area contributed by atoms with Crippen molar-refractivity contribution in [1.82, 2.24) is 19.8 Å². The van der Waals surface area contributed by atoms with Crippen molar-refractivity contribution in [3.8, 4) is 0 Å². The van der Waals surface area contributed by atoms with Crippen LogP contribution in [0.5, 0.6) is 0 Å². The third-order valence-electron chi connectivity index (χ3n) is 3.15. The fourth-order valence-electron chi connectivity index (χ4n) is 1.99. The summed E-state index contributed by atoms with van der Waals surface area (Å²) in [5.74, 6) is 1.10. The minimum Gasteiger partial charge on any atom is -0.384 e. The maximum absolute atomic E-state index is 5.61. The van der Waals surface area contributed by atoms with Crippen LogP contribution in [0.3, 0.4) is 0 Å². The van der Waals surface area contributed by atoms with E-state index in [4.69, 9.17) is 5.73 Å². The molecule has 1 aliphatic heterocycles. The van der Waals surface area contributed by atoms with Gasteiger partial charge in [-0.25, -0.2) is 4.98 Å². The van der Waals surface area contributed by atoms with Crippen LogP contribution in [0, 0.1) is 0 Å². The van der Waals surface area contributed by atoms with E-state index in [0.717, 1.165) is 26.2 Å². The first-order valence-electron chi connectivity index (χ1n) is 5.86.